The summed E-state index contributed by atoms with van der Waals surface area (Å²) in [6.45, 7) is 6.96. The summed E-state index contributed by atoms with van der Waals surface area (Å²) in [6.07, 6.45) is 3.72. The first-order valence-corrected chi connectivity index (χ1v) is 13.8. The Morgan fingerprint density at radius 2 is 1.79 bits per heavy atom. The molecular formula is C31H34N4O4. The monoisotopic (exact) mass is 526 g/mol. The van der Waals surface area contributed by atoms with E-state index in [1.165, 1.54) is 11.8 Å². The van der Waals surface area contributed by atoms with Crippen LogP contribution in [0.1, 0.15) is 41.7 Å². The van der Waals surface area contributed by atoms with E-state index < -0.39 is 0 Å². The zero-order chi connectivity index (χ0) is 26.9. The number of ether oxygens (including phenoxy) is 1. The SMILES string of the molecule is Cc1nc2ccc(-c3ccc4c(c3)CC(C)C(CC(=O)N3CCN(C(=O)c5ccco5)CC3)CCO4)cc2[nH]1. The number of hydrogen-bond donors (Lipinski definition) is 1. The molecule has 2 unspecified atom stereocenters. The van der Waals surface area contributed by atoms with E-state index in [9.17, 15) is 9.59 Å². The number of benzene rings is 2. The van der Waals surface area contributed by atoms with Gasteiger partial charge in [0.25, 0.3) is 5.91 Å². The Kier molecular flexibility index (Phi) is 6.85. The Morgan fingerprint density at radius 1 is 1.03 bits per heavy atom. The second-order valence-electron chi connectivity index (χ2n) is 10.8. The zero-order valence-corrected chi connectivity index (χ0v) is 22.5. The number of H-pyrrole nitrogens is 1. The number of hydrogen-bond acceptors (Lipinski definition) is 5. The van der Waals surface area contributed by atoms with Crippen LogP contribution in [-0.2, 0) is 11.2 Å². The van der Waals surface area contributed by atoms with Crippen molar-refractivity contribution in [3.8, 4) is 16.9 Å². The molecule has 1 N–H and O–H groups in total. The van der Waals surface area contributed by atoms with E-state index >= 15 is 0 Å². The van der Waals surface area contributed by atoms with E-state index in [-0.39, 0.29) is 17.7 Å². The molecule has 1 saturated heterocycles. The van der Waals surface area contributed by atoms with Crippen LogP contribution in [0.2, 0.25) is 0 Å². The summed E-state index contributed by atoms with van der Waals surface area (Å²) in [5.74, 6) is 2.81. The molecule has 0 spiro atoms. The lowest BCUT2D eigenvalue weighted by Gasteiger charge is -2.36. The van der Waals surface area contributed by atoms with E-state index in [2.05, 4.69) is 53.3 Å². The highest BCUT2D eigenvalue weighted by atomic mass is 16.5. The van der Waals surface area contributed by atoms with Crippen molar-refractivity contribution < 1.29 is 18.7 Å². The van der Waals surface area contributed by atoms with Crippen molar-refractivity contribution in [2.24, 2.45) is 11.8 Å². The molecule has 1 fully saturated rings. The molecule has 0 saturated carbocycles. The van der Waals surface area contributed by atoms with Crippen LogP contribution >= 0.6 is 0 Å². The van der Waals surface area contributed by atoms with Gasteiger partial charge in [-0.15, -0.1) is 0 Å². The van der Waals surface area contributed by atoms with Crippen LogP contribution in [0.3, 0.4) is 0 Å². The van der Waals surface area contributed by atoms with Gasteiger partial charge in [-0.25, -0.2) is 4.98 Å². The molecule has 2 aliphatic heterocycles. The molecule has 39 heavy (non-hydrogen) atoms. The third-order valence-electron chi connectivity index (χ3n) is 8.18. The maximum Gasteiger partial charge on any atom is 0.289 e. The van der Waals surface area contributed by atoms with Gasteiger partial charge in [0, 0.05) is 32.6 Å². The lowest BCUT2D eigenvalue weighted by Crippen LogP contribution is -2.51. The topological polar surface area (TPSA) is 91.7 Å². The standard InChI is InChI=1S/C31H34N4O4/c1-20-16-25-17-23(24-5-7-26-27(18-24)33-21(2)32-26)6-8-28(25)39-15-9-22(20)19-30(36)34-10-12-35(13-11-34)31(37)29-4-3-14-38-29/h3-8,14,17-18,20,22H,9-13,15-16,19H2,1-2H3,(H,32,33). The fourth-order valence-corrected chi connectivity index (χ4v) is 5.87. The minimum atomic E-state index is -0.115. The average molecular weight is 527 g/mol. The third kappa shape index (κ3) is 5.28. The number of aryl methyl sites for hydroxylation is 1. The Labute approximate surface area is 228 Å². The average Bonchev–Trinajstić information content (AvgIpc) is 3.61. The maximum atomic E-state index is 13.3. The molecule has 8 nitrogen and oxygen atoms in total. The summed E-state index contributed by atoms with van der Waals surface area (Å²) < 4.78 is 11.4. The minimum absolute atomic E-state index is 0.115. The summed E-state index contributed by atoms with van der Waals surface area (Å²) in [4.78, 5) is 37.3. The third-order valence-corrected chi connectivity index (χ3v) is 8.18. The van der Waals surface area contributed by atoms with Crippen LogP contribution in [0.5, 0.6) is 5.75 Å². The van der Waals surface area contributed by atoms with E-state index in [1.807, 2.05) is 11.8 Å². The van der Waals surface area contributed by atoms with Gasteiger partial charge in [0.15, 0.2) is 5.76 Å². The highest BCUT2D eigenvalue weighted by Crippen LogP contribution is 2.35. The van der Waals surface area contributed by atoms with Crippen molar-refractivity contribution >= 4 is 22.8 Å². The Morgan fingerprint density at radius 3 is 2.59 bits per heavy atom. The van der Waals surface area contributed by atoms with Gasteiger partial charge in [0.2, 0.25) is 5.91 Å². The fourth-order valence-electron chi connectivity index (χ4n) is 5.87. The van der Waals surface area contributed by atoms with Crippen LogP contribution < -0.4 is 4.74 Å². The molecule has 202 valence electrons. The molecule has 0 radical (unpaired) electrons. The van der Waals surface area contributed by atoms with E-state index in [0.29, 0.717) is 50.9 Å². The van der Waals surface area contributed by atoms with Crippen molar-refractivity contribution in [1.29, 1.82) is 0 Å². The Hall–Kier alpha value is -4.07. The first-order valence-electron chi connectivity index (χ1n) is 13.8. The highest BCUT2D eigenvalue weighted by molar-refractivity contribution is 5.91. The molecular weight excluding hydrogens is 492 g/mol. The number of nitrogens with zero attached hydrogens (tertiary/aromatic N) is 3. The number of aromatic nitrogens is 2. The van der Waals surface area contributed by atoms with Gasteiger partial charge in [-0.3, -0.25) is 9.59 Å². The summed E-state index contributed by atoms with van der Waals surface area (Å²) in [7, 11) is 0. The molecule has 4 aromatic rings. The van der Waals surface area contributed by atoms with Gasteiger partial charge in [0.1, 0.15) is 11.6 Å². The molecule has 8 heteroatoms. The fraction of sp³-hybridized carbons (Fsp3) is 0.387. The number of nitrogens with one attached hydrogen (secondary N) is 1. The molecule has 4 heterocycles. The van der Waals surface area contributed by atoms with Gasteiger partial charge < -0.3 is 23.9 Å². The predicted octanol–water partition coefficient (Wildman–Crippen LogP) is 5.08. The summed E-state index contributed by atoms with van der Waals surface area (Å²) in [5, 5.41) is 0. The van der Waals surface area contributed by atoms with Gasteiger partial charge in [-0.05, 0) is 84.7 Å². The number of piperazine rings is 1. The van der Waals surface area contributed by atoms with Crippen molar-refractivity contribution in [1.82, 2.24) is 19.8 Å². The summed E-state index contributed by atoms with van der Waals surface area (Å²) in [5.41, 5.74) is 5.47. The lowest BCUT2D eigenvalue weighted by atomic mass is 9.82. The predicted molar refractivity (Wildman–Crippen MR) is 149 cm³/mol. The number of carbonyl (C=O) groups is 2. The largest absolute Gasteiger partial charge is 0.493 e. The minimum Gasteiger partial charge on any atom is -0.493 e. The second-order valence-corrected chi connectivity index (χ2v) is 10.8. The van der Waals surface area contributed by atoms with Crippen molar-refractivity contribution in [2.75, 3.05) is 32.8 Å². The maximum absolute atomic E-state index is 13.3. The lowest BCUT2D eigenvalue weighted by molar-refractivity contribution is -0.134. The quantitative estimate of drug-likeness (QED) is 0.400. The van der Waals surface area contributed by atoms with Crippen molar-refractivity contribution in [3.05, 3.63) is 71.9 Å². The van der Waals surface area contributed by atoms with Crippen LogP contribution in [0.4, 0.5) is 0 Å². The second kappa shape index (κ2) is 10.6. The molecule has 0 aliphatic carbocycles. The van der Waals surface area contributed by atoms with Gasteiger partial charge >= 0.3 is 0 Å². The van der Waals surface area contributed by atoms with Gasteiger partial charge in [-0.1, -0.05) is 19.1 Å². The van der Waals surface area contributed by atoms with Crippen molar-refractivity contribution in [2.45, 2.75) is 33.1 Å². The number of furan rings is 1. The highest BCUT2D eigenvalue weighted by Gasteiger charge is 2.30. The van der Waals surface area contributed by atoms with Crippen LogP contribution in [0.25, 0.3) is 22.2 Å². The normalized spacial score (nSPS) is 19.7. The van der Waals surface area contributed by atoms with E-state index in [4.69, 9.17) is 9.15 Å². The number of rotatable bonds is 4. The first kappa shape index (κ1) is 25.2. The first-order chi connectivity index (χ1) is 18.9. The zero-order valence-electron chi connectivity index (χ0n) is 22.5. The summed E-state index contributed by atoms with van der Waals surface area (Å²) in [6, 6.07) is 16.1. The number of amides is 2. The van der Waals surface area contributed by atoms with Gasteiger partial charge in [0.05, 0.1) is 23.9 Å². The number of fused-ring (bicyclic) bond motifs is 2. The molecule has 2 aromatic carbocycles. The van der Waals surface area contributed by atoms with Crippen molar-refractivity contribution in [3.63, 3.8) is 0 Å². The Balaban J connectivity index is 1.10. The number of aromatic amines is 1. The summed E-state index contributed by atoms with van der Waals surface area (Å²) >= 11 is 0. The molecule has 2 aromatic heterocycles. The van der Waals surface area contributed by atoms with E-state index in [0.717, 1.165) is 46.6 Å². The molecule has 2 aliphatic rings. The molecule has 2 amide bonds. The Bertz CT molecular complexity index is 1480. The molecule has 0 bridgehead atoms. The number of carbonyl (C=O) groups excluding carboxylic acids is 2. The van der Waals surface area contributed by atoms with Crippen LogP contribution in [-0.4, -0.2) is 64.4 Å². The molecule has 6 rings (SSSR count). The smallest absolute Gasteiger partial charge is 0.289 e. The van der Waals surface area contributed by atoms with Gasteiger partial charge in [-0.2, -0.15) is 0 Å². The number of imidazole rings is 1. The van der Waals surface area contributed by atoms with E-state index in [1.54, 1.807) is 17.0 Å². The molecule has 2 atom stereocenters. The van der Waals surface area contributed by atoms with Crippen LogP contribution in [0, 0.1) is 18.8 Å². The van der Waals surface area contributed by atoms with Crippen LogP contribution in [0.15, 0.2) is 59.2 Å².